The molecule has 0 spiro atoms. The van der Waals surface area contributed by atoms with Crippen LogP contribution in [0.15, 0.2) is 97.1 Å². The van der Waals surface area contributed by atoms with Gasteiger partial charge in [-0.2, -0.15) is 6.08 Å². The zero-order valence-corrected chi connectivity index (χ0v) is 36.7. The van der Waals surface area contributed by atoms with Gasteiger partial charge in [0.25, 0.3) is 0 Å². The summed E-state index contributed by atoms with van der Waals surface area (Å²) in [7, 11) is 0. The smallest absolute Gasteiger partial charge is 0.109 e. The monoisotopic (exact) mass is 858 g/mol. The van der Waals surface area contributed by atoms with Crippen LogP contribution in [0.3, 0.4) is 0 Å². The molecule has 50 heavy (non-hydrogen) atoms. The maximum atomic E-state index is 5.86. The van der Waals surface area contributed by atoms with Crippen LogP contribution in [0, 0.1) is 19.9 Å². The van der Waals surface area contributed by atoms with Crippen molar-refractivity contribution in [2.75, 3.05) is 0 Å². The molecular formula is C43H42Cl6Zr. The third kappa shape index (κ3) is 10.7. The van der Waals surface area contributed by atoms with Crippen LogP contribution in [0.4, 0.5) is 0 Å². The van der Waals surface area contributed by atoms with Crippen molar-refractivity contribution < 1.29 is 24.2 Å². The number of benzene rings is 4. The summed E-state index contributed by atoms with van der Waals surface area (Å²) in [5.74, 6) is 0. The Labute approximate surface area is 343 Å². The third-order valence-electron chi connectivity index (χ3n) is 8.60. The first-order valence-corrected chi connectivity index (χ1v) is 19.9. The zero-order valence-electron chi connectivity index (χ0n) is 29.7. The Kier molecular flexibility index (Phi) is 13.6. The molecule has 5 aromatic rings. The van der Waals surface area contributed by atoms with E-state index in [9.17, 15) is 0 Å². The van der Waals surface area contributed by atoms with E-state index in [2.05, 4.69) is 97.9 Å². The molecule has 0 unspecified atom stereocenters. The summed E-state index contributed by atoms with van der Waals surface area (Å²) < 4.78 is -1.66. The van der Waals surface area contributed by atoms with E-state index in [0.717, 1.165) is 17.5 Å². The van der Waals surface area contributed by atoms with E-state index in [-0.39, 0.29) is 10.8 Å². The van der Waals surface area contributed by atoms with Crippen LogP contribution in [0.25, 0.3) is 21.5 Å². The van der Waals surface area contributed by atoms with Gasteiger partial charge < -0.3 is 0 Å². The predicted octanol–water partition coefficient (Wildman–Crippen LogP) is 14.7. The minimum atomic E-state index is -1.41. The predicted molar refractivity (Wildman–Crippen MR) is 220 cm³/mol. The molecule has 1 aliphatic rings. The van der Waals surface area contributed by atoms with E-state index in [4.69, 9.17) is 69.6 Å². The normalized spacial score (nSPS) is 13.3. The van der Waals surface area contributed by atoms with E-state index in [0.29, 0.717) is 11.1 Å². The summed E-state index contributed by atoms with van der Waals surface area (Å²) in [5.41, 5.74) is 9.47. The molecular weight excluding hydrogens is 820 g/mol. The summed E-state index contributed by atoms with van der Waals surface area (Å²) in [4.78, 5) is 0. The van der Waals surface area contributed by atoms with Gasteiger partial charge in [-0.15, -0.1) is 46.2 Å². The molecule has 0 amide bonds. The van der Waals surface area contributed by atoms with Crippen molar-refractivity contribution in [3.8, 4) is 0 Å². The standard InChI is InChI=1S/C23H29.C15H8Cl6.C5H5.Zr/c1-14-9-16-11-17-10-15(2)21(23(6,7)8)13-19(17)18(16)12-20(14)22(3,4)5;16-14(17,18)12-5-1-10(2-6-12)9-11-3-7-13(8-4-11)15(19,20)21;1-2-4-5-3-1;/h9-13H,1-8H3;1-8H;1-3H,4H2;/q-1;;-1;+2. The molecule has 0 nitrogen and oxygen atoms in total. The van der Waals surface area contributed by atoms with Crippen molar-refractivity contribution in [1.82, 2.24) is 0 Å². The number of fused-ring (bicyclic) bond motifs is 3. The van der Waals surface area contributed by atoms with Crippen molar-refractivity contribution >= 4 is 94.4 Å². The molecule has 7 heteroatoms. The van der Waals surface area contributed by atoms with E-state index >= 15 is 0 Å². The largest absolute Gasteiger partial charge is 0.273 e. The van der Waals surface area contributed by atoms with Gasteiger partial charge in [0, 0.05) is 0 Å². The summed E-state index contributed by atoms with van der Waals surface area (Å²) in [6.07, 6.45) is 10.0. The molecule has 0 fully saturated rings. The summed E-state index contributed by atoms with van der Waals surface area (Å²) >= 11 is 36.4. The Bertz CT molecular complexity index is 1880. The Hall–Kier alpha value is -1.28. The molecule has 260 valence electrons. The average Bonchev–Trinajstić information content (AvgIpc) is 3.70. The van der Waals surface area contributed by atoms with Gasteiger partial charge in [0.15, 0.2) is 0 Å². The molecule has 6 rings (SSSR count). The van der Waals surface area contributed by atoms with Gasteiger partial charge in [-0.25, -0.2) is 12.2 Å². The first-order chi connectivity index (χ1) is 23.1. The van der Waals surface area contributed by atoms with Crippen LogP contribution in [-0.2, 0) is 42.7 Å². The molecule has 0 aromatic heterocycles. The fraction of sp³-hybridized carbons (Fsp3) is 0.302. The van der Waals surface area contributed by atoms with Crippen molar-refractivity contribution in [3.05, 3.63) is 148 Å². The van der Waals surface area contributed by atoms with E-state index < -0.39 is 7.59 Å². The van der Waals surface area contributed by atoms with Crippen molar-refractivity contribution in [2.24, 2.45) is 0 Å². The maximum Gasteiger partial charge on any atom is -0.109 e. The number of aryl methyl sites for hydroxylation is 2. The first kappa shape index (κ1) is 41.5. The Morgan fingerprint density at radius 1 is 0.620 bits per heavy atom. The van der Waals surface area contributed by atoms with Gasteiger partial charge in [0.1, 0.15) is 0 Å². The van der Waals surface area contributed by atoms with Crippen molar-refractivity contribution in [3.63, 3.8) is 0 Å². The fourth-order valence-corrected chi connectivity index (χ4v) is 7.68. The molecule has 0 bridgehead atoms. The summed E-state index contributed by atoms with van der Waals surface area (Å²) in [6.45, 7) is 18.3. The number of hydrogen-bond acceptors (Lipinski definition) is 0. The quantitative estimate of drug-likeness (QED) is 0.123. The Morgan fingerprint density at radius 2 is 1.00 bits per heavy atom. The second-order valence-electron chi connectivity index (χ2n) is 14.7. The fourth-order valence-electron chi connectivity index (χ4n) is 6.11. The Morgan fingerprint density at radius 3 is 1.26 bits per heavy atom. The second kappa shape index (κ2) is 16.4. The van der Waals surface area contributed by atoms with Crippen LogP contribution in [-0.4, -0.2) is 3.21 Å². The first-order valence-electron chi connectivity index (χ1n) is 16.4. The number of allylic oxidation sites excluding steroid dienone is 4. The maximum absolute atomic E-state index is 5.86. The third-order valence-corrected chi connectivity index (χ3v) is 11.3. The van der Waals surface area contributed by atoms with Crippen LogP contribution in [0.5, 0.6) is 0 Å². The van der Waals surface area contributed by atoms with Crippen LogP contribution >= 0.6 is 69.6 Å². The number of rotatable bonds is 2. The van der Waals surface area contributed by atoms with Gasteiger partial charge in [0.2, 0.25) is 0 Å². The van der Waals surface area contributed by atoms with Gasteiger partial charge in [0.05, 0.1) is 0 Å². The molecule has 0 saturated heterocycles. The molecule has 0 aliphatic heterocycles. The van der Waals surface area contributed by atoms with E-state index in [1.54, 1.807) is 0 Å². The number of alkyl halides is 6. The number of halogens is 6. The summed E-state index contributed by atoms with van der Waals surface area (Å²) in [5, 5.41) is 5.55. The molecule has 1 aliphatic carbocycles. The van der Waals surface area contributed by atoms with Gasteiger partial charge in [-0.05, 0) is 24.7 Å². The molecule has 0 saturated carbocycles. The second-order valence-corrected chi connectivity index (χ2v) is 20.5. The SMILES string of the molecule is Cc1cc2[cH-]c3cc(C)c(C(C)(C)C)cc3c2cc1C(C)(C)C.ClC(Cl)(Cl)c1ccc([C](=[Zr+2])c2ccc(C(Cl)(Cl)Cl)cc2)cc1.[C-]1=CC=CC1. The van der Waals surface area contributed by atoms with Crippen LogP contribution in [0.1, 0.15) is 92.5 Å². The summed E-state index contributed by atoms with van der Waals surface area (Å²) in [6, 6.07) is 26.9. The zero-order chi connectivity index (χ0) is 37.2. The topological polar surface area (TPSA) is 0 Å². The molecule has 0 heterocycles. The van der Waals surface area contributed by atoms with Gasteiger partial charge in [-0.3, -0.25) is 6.08 Å². The van der Waals surface area contributed by atoms with E-state index in [1.165, 1.54) is 71.2 Å². The van der Waals surface area contributed by atoms with E-state index in [1.807, 2.05) is 60.7 Å². The van der Waals surface area contributed by atoms with Crippen LogP contribution < -0.4 is 0 Å². The number of hydrogen-bond donors (Lipinski definition) is 0. The minimum Gasteiger partial charge on any atom is -0.273 e. The Balaban J connectivity index is 0.000000197. The van der Waals surface area contributed by atoms with Gasteiger partial charge >= 0.3 is 175 Å². The average molecular weight is 863 g/mol. The van der Waals surface area contributed by atoms with Crippen molar-refractivity contribution in [1.29, 1.82) is 0 Å². The molecule has 0 N–H and O–H groups in total. The molecule has 0 radical (unpaired) electrons. The van der Waals surface area contributed by atoms with Crippen molar-refractivity contribution in [2.45, 2.75) is 80.2 Å². The van der Waals surface area contributed by atoms with Crippen LogP contribution in [0.2, 0.25) is 0 Å². The van der Waals surface area contributed by atoms with Gasteiger partial charge in [-0.1, -0.05) is 75.9 Å². The minimum absolute atomic E-state index is 0.180. The molecule has 5 aromatic carbocycles. The molecule has 0 atom stereocenters.